The third-order valence-electron chi connectivity index (χ3n) is 2.87. The summed E-state index contributed by atoms with van der Waals surface area (Å²) in [5.74, 6) is -0.103. The van der Waals surface area contributed by atoms with Crippen molar-refractivity contribution in [3.63, 3.8) is 0 Å². The number of aromatic nitrogens is 2. The first-order valence-corrected chi connectivity index (χ1v) is 7.54. The number of nitrogens with zero attached hydrogens (tertiary/aromatic N) is 4. The maximum Gasteiger partial charge on any atom is 0.274 e. The Morgan fingerprint density at radius 3 is 2.42 bits per heavy atom. The highest BCUT2D eigenvalue weighted by Gasteiger charge is 2.27. The molecule has 1 amide bonds. The Hall–Kier alpha value is -1.74. The number of nitrogen functional groups attached to an aromatic ring is 1. The van der Waals surface area contributed by atoms with Gasteiger partial charge in [-0.1, -0.05) is 0 Å². The lowest BCUT2D eigenvalue weighted by Gasteiger charge is -2.32. The van der Waals surface area contributed by atoms with E-state index in [9.17, 15) is 13.2 Å². The van der Waals surface area contributed by atoms with Crippen LogP contribution in [0.5, 0.6) is 0 Å². The molecule has 1 aliphatic rings. The van der Waals surface area contributed by atoms with E-state index < -0.39 is 10.0 Å². The average molecular weight is 285 g/mol. The van der Waals surface area contributed by atoms with E-state index in [1.54, 1.807) is 4.90 Å². The molecule has 1 saturated heterocycles. The lowest BCUT2D eigenvalue weighted by Crippen LogP contribution is -2.50. The van der Waals surface area contributed by atoms with E-state index in [1.165, 1.54) is 16.7 Å². The molecule has 0 bridgehead atoms. The van der Waals surface area contributed by atoms with Gasteiger partial charge in [-0.3, -0.25) is 9.78 Å². The molecule has 8 nitrogen and oxygen atoms in total. The topological polar surface area (TPSA) is 109 Å². The van der Waals surface area contributed by atoms with Crippen molar-refractivity contribution in [2.75, 3.05) is 38.2 Å². The van der Waals surface area contributed by atoms with Crippen LogP contribution in [0.4, 0.5) is 5.82 Å². The van der Waals surface area contributed by atoms with Crippen LogP contribution in [0.15, 0.2) is 12.4 Å². The van der Waals surface area contributed by atoms with Crippen molar-refractivity contribution in [3.05, 3.63) is 18.1 Å². The summed E-state index contributed by atoms with van der Waals surface area (Å²) < 4.78 is 24.1. The van der Waals surface area contributed by atoms with Crippen molar-refractivity contribution in [1.82, 2.24) is 19.2 Å². The summed E-state index contributed by atoms with van der Waals surface area (Å²) >= 11 is 0. The second kappa shape index (κ2) is 5.10. The summed E-state index contributed by atoms with van der Waals surface area (Å²) in [6.45, 7) is 1.26. The van der Waals surface area contributed by atoms with Gasteiger partial charge in [0, 0.05) is 26.2 Å². The van der Waals surface area contributed by atoms with E-state index >= 15 is 0 Å². The van der Waals surface area contributed by atoms with E-state index in [0.29, 0.717) is 26.2 Å². The molecule has 0 radical (unpaired) electrons. The Labute approximate surface area is 111 Å². The van der Waals surface area contributed by atoms with Gasteiger partial charge in [0.2, 0.25) is 10.0 Å². The maximum atomic E-state index is 12.1. The van der Waals surface area contributed by atoms with Gasteiger partial charge >= 0.3 is 0 Å². The van der Waals surface area contributed by atoms with Crippen LogP contribution in [0, 0.1) is 0 Å². The fourth-order valence-corrected chi connectivity index (χ4v) is 2.70. The summed E-state index contributed by atoms with van der Waals surface area (Å²) in [4.78, 5) is 21.4. The average Bonchev–Trinajstić information content (AvgIpc) is 2.37. The summed E-state index contributed by atoms with van der Waals surface area (Å²) in [5.41, 5.74) is 5.65. The number of hydrogen-bond acceptors (Lipinski definition) is 6. The number of anilines is 1. The summed E-state index contributed by atoms with van der Waals surface area (Å²) in [5, 5.41) is 0. The second-order valence-corrected chi connectivity index (χ2v) is 6.27. The van der Waals surface area contributed by atoms with Gasteiger partial charge in [-0.05, 0) is 0 Å². The zero-order chi connectivity index (χ0) is 14.0. The molecule has 9 heteroatoms. The highest BCUT2D eigenvalue weighted by Crippen LogP contribution is 2.09. The summed E-state index contributed by atoms with van der Waals surface area (Å²) in [6.07, 6.45) is 3.87. The highest BCUT2D eigenvalue weighted by molar-refractivity contribution is 7.88. The van der Waals surface area contributed by atoms with Gasteiger partial charge in [-0.25, -0.2) is 13.4 Å². The second-order valence-electron chi connectivity index (χ2n) is 4.28. The molecule has 104 valence electrons. The molecule has 2 N–H and O–H groups in total. The molecular weight excluding hydrogens is 270 g/mol. The lowest BCUT2D eigenvalue weighted by molar-refractivity contribution is 0.0692. The largest absolute Gasteiger partial charge is 0.382 e. The molecule has 1 aliphatic heterocycles. The zero-order valence-electron chi connectivity index (χ0n) is 10.5. The third-order valence-corrected chi connectivity index (χ3v) is 4.17. The zero-order valence-corrected chi connectivity index (χ0v) is 11.3. The van der Waals surface area contributed by atoms with Crippen LogP contribution in [-0.2, 0) is 10.0 Å². The van der Waals surface area contributed by atoms with Crippen molar-refractivity contribution in [2.45, 2.75) is 0 Å². The first kappa shape index (κ1) is 13.7. The van der Waals surface area contributed by atoms with E-state index in [-0.39, 0.29) is 17.4 Å². The summed E-state index contributed by atoms with van der Waals surface area (Å²) in [7, 11) is -3.20. The molecule has 0 aromatic carbocycles. The van der Waals surface area contributed by atoms with E-state index in [2.05, 4.69) is 9.97 Å². The molecule has 0 unspecified atom stereocenters. The van der Waals surface area contributed by atoms with Crippen molar-refractivity contribution in [3.8, 4) is 0 Å². The Kier molecular flexibility index (Phi) is 3.67. The maximum absolute atomic E-state index is 12.1. The van der Waals surface area contributed by atoms with Gasteiger partial charge in [0.05, 0.1) is 18.6 Å². The SMILES string of the molecule is CS(=O)(=O)N1CCN(C(=O)c2cncc(N)n2)CC1. The molecule has 1 aromatic heterocycles. The molecule has 0 aliphatic carbocycles. The molecule has 1 aromatic rings. The van der Waals surface area contributed by atoms with Gasteiger partial charge in [0.15, 0.2) is 0 Å². The Bertz CT molecular complexity index is 581. The van der Waals surface area contributed by atoms with Crippen molar-refractivity contribution in [1.29, 1.82) is 0 Å². The van der Waals surface area contributed by atoms with Crippen LogP contribution in [0.25, 0.3) is 0 Å². The minimum Gasteiger partial charge on any atom is -0.382 e. The number of hydrogen-bond donors (Lipinski definition) is 1. The number of carbonyl (C=O) groups excluding carboxylic acids is 1. The number of amides is 1. The Morgan fingerprint density at radius 1 is 1.26 bits per heavy atom. The van der Waals surface area contributed by atoms with Gasteiger partial charge in [-0.15, -0.1) is 0 Å². The fourth-order valence-electron chi connectivity index (χ4n) is 1.87. The number of piperazine rings is 1. The van der Waals surface area contributed by atoms with Crippen LogP contribution in [0.3, 0.4) is 0 Å². The quantitative estimate of drug-likeness (QED) is 0.729. The van der Waals surface area contributed by atoms with Crippen LogP contribution in [-0.4, -0.2) is 65.9 Å². The number of carbonyl (C=O) groups is 1. The predicted octanol–water partition coefficient (Wildman–Crippen LogP) is -1.22. The third kappa shape index (κ3) is 3.18. The standard InChI is InChI=1S/C10H15N5O3S/c1-19(17,18)15-4-2-14(3-5-15)10(16)8-6-12-7-9(11)13-8/h6-7H,2-5H2,1H3,(H2,11,13). The minimum atomic E-state index is -3.20. The van der Waals surface area contributed by atoms with Crippen LogP contribution in [0.2, 0.25) is 0 Å². The van der Waals surface area contributed by atoms with Crippen LogP contribution in [0.1, 0.15) is 10.5 Å². The van der Waals surface area contributed by atoms with Crippen LogP contribution >= 0.6 is 0 Å². The molecule has 19 heavy (non-hydrogen) atoms. The normalized spacial score (nSPS) is 17.4. The molecule has 0 spiro atoms. The first-order chi connectivity index (χ1) is 8.88. The number of sulfonamides is 1. The van der Waals surface area contributed by atoms with Crippen molar-refractivity contribution >= 4 is 21.7 Å². The summed E-state index contributed by atoms with van der Waals surface area (Å²) in [6, 6.07) is 0. The van der Waals surface area contributed by atoms with E-state index in [1.807, 2.05) is 0 Å². The van der Waals surface area contributed by atoms with Gasteiger partial charge < -0.3 is 10.6 Å². The lowest BCUT2D eigenvalue weighted by atomic mass is 10.3. The van der Waals surface area contributed by atoms with Crippen LogP contribution < -0.4 is 5.73 Å². The molecular formula is C10H15N5O3S. The molecule has 1 fully saturated rings. The molecule has 0 saturated carbocycles. The minimum absolute atomic E-state index is 0.174. The molecule has 2 heterocycles. The Balaban J connectivity index is 2.04. The number of nitrogens with two attached hydrogens (primary N) is 1. The monoisotopic (exact) mass is 285 g/mol. The predicted molar refractivity (Wildman–Crippen MR) is 68.8 cm³/mol. The molecule has 0 atom stereocenters. The molecule has 2 rings (SSSR count). The van der Waals surface area contributed by atoms with E-state index in [4.69, 9.17) is 5.73 Å². The smallest absolute Gasteiger partial charge is 0.274 e. The van der Waals surface area contributed by atoms with Gasteiger partial charge in [0.25, 0.3) is 5.91 Å². The highest BCUT2D eigenvalue weighted by atomic mass is 32.2. The van der Waals surface area contributed by atoms with Crippen molar-refractivity contribution < 1.29 is 13.2 Å². The Morgan fingerprint density at radius 2 is 1.89 bits per heavy atom. The fraction of sp³-hybridized carbons (Fsp3) is 0.500. The first-order valence-electron chi connectivity index (χ1n) is 5.70. The van der Waals surface area contributed by atoms with Crippen molar-refractivity contribution in [2.24, 2.45) is 0 Å². The van der Waals surface area contributed by atoms with Gasteiger partial charge in [-0.2, -0.15) is 4.31 Å². The number of rotatable bonds is 2. The van der Waals surface area contributed by atoms with Gasteiger partial charge in [0.1, 0.15) is 11.5 Å². The van der Waals surface area contributed by atoms with E-state index in [0.717, 1.165) is 6.26 Å².